The third kappa shape index (κ3) is 4.46. The minimum Gasteiger partial charge on any atom is -0.355 e. The molecule has 1 atom stereocenters. The third-order valence-corrected chi connectivity index (χ3v) is 4.41. The van der Waals surface area contributed by atoms with Gasteiger partial charge in [-0.15, -0.1) is 0 Å². The van der Waals surface area contributed by atoms with Crippen molar-refractivity contribution in [2.45, 2.75) is 58.0 Å². The van der Waals surface area contributed by atoms with Crippen LogP contribution in [-0.4, -0.2) is 49.1 Å². The molecule has 2 aliphatic rings. The van der Waals surface area contributed by atoms with E-state index >= 15 is 0 Å². The van der Waals surface area contributed by atoms with E-state index in [1.165, 1.54) is 19.3 Å². The van der Waals surface area contributed by atoms with Crippen molar-refractivity contribution in [2.24, 2.45) is 5.92 Å². The van der Waals surface area contributed by atoms with E-state index in [4.69, 9.17) is 0 Å². The molecule has 1 unspecified atom stereocenters. The Kier molecular flexibility index (Phi) is 5.64. The number of amides is 1. The quantitative estimate of drug-likeness (QED) is 0.808. The second-order valence-electron chi connectivity index (χ2n) is 6.34. The summed E-state index contributed by atoms with van der Waals surface area (Å²) in [5.74, 6) is 1.05. The molecular weight excluding hydrogens is 238 g/mol. The minimum atomic E-state index is 0.140. The molecule has 2 saturated heterocycles. The molecule has 0 saturated carbocycles. The van der Waals surface area contributed by atoms with Crippen LogP contribution in [0, 0.1) is 5.92 Å². The Bertz CT molecular complexity index is 285. The fourth-order valence-electron chi connectivity index (χ4n) is 3.14. The zero-order valence-electron chi connectivity index (χ0n) is 12.5. The van der Waals surface area contributed by atoms with Crippen molar-refractivity contribution in [3.8, 4) is 0 Å². The van der Waals surface area contributed by atoms with Gasteiger partial charge in [0.15, 0.2) is 0 Å². The van der Waals surface area contributed by atoms with E-state index in [2.05, 4.69) is 29.4 Å². The summed E-state index contributed by atoms with van der Waals surface area (Å²) in [5, 5.41) is 6.58. The van der Waals surface area contributed by atoms with Crippen molar-refractivity contribution < 1.29 is 4.79 Å². The lowest BCUT2D eigenvalue weighted by molar-refractivity contribution is -0.126. The van der Waals surface area contributed by atoms with Crippen molar-refractivity contribution in [3.05, 3.63) is 0 Å². The number of piperidine rings is 1. The average Bonchev–Trinajstić information content (AvgIpc) is 2.62. The first kappa shape index (κ1) is 14.8. The number of carbonyl (C=O) groups excluding carboxylic acids is 1. The van der Waals surface area contributed by atoms with Crippen LogP contribution in [0.15, 0.2) is 0 Å². The number of hydrogen-bond donors (Lipinski definition) is 2. The number of carbonyl (C=O) groups is 1. The number of nitrogens with zero attached hydrogens (tertiary/aromatic N) is 1. The Hall–Kier alpha value is -0.610. The first-order valence-corrected chi connectivity index (χ1v) is 7.92. The van der Waals surface area contributed by atoms with Crippen LogP contribution in [0.4, 0.5) is 0 Å². The van der Waals surface area contributed by atoms with E-state index in [1.54, 1.807) is 0 Å². The van der Waals surface area contributed by atoms with Gasteiger partial charge in [0.25, 0.3) is 0 Å². The van der Waals surface area contributed by atoms with Crippen LogP contribution < -0.4 is 10.6 Å². The van der Waals surface area contributed by atoms with Gasteiger partial charge in [0.05, 0.1) is 6.04 Å². The maximum absolute atomic E-state index is 12.0. The summed E-state index contributed by atoms with van der Waals surface area (Å²) in [6.07, 6.45) is 5.81. The third-order valence-electron chi connectivity index (χ3n) is 4.41. The lowest BCUT2D eigenvalue weighted by Crippen LogP contribution is -2.49. The predicted octanol–water partition coefficient (Wildman–Crippen LogP) is 1.37. The van der Waals surface area contributed by atoms with E-state index in [-0.39, 0.29) is 11.9 Å². The number of hydrogen-bond acceptors (Lipinski definition) is 3. The van der Waals surface area contributed by atoms with Crippen LogP contribution in [0.5, 0.6) is 0 Å². The Morgan fingerprint density at radius 1 is 1.26 bits per heavy atom. The summed E-state index contributed by atoms with van der Waals surface area (Å²) in [4.78, 5) is 14.5. The van der Waals surface area contributed by atoms with Crippen molar-refractivity contribution >= 4 is 5.91 Å². The first-order valence-electron chi connectivity index (χ1n) is 7.92. The molecule has 0 spiro atoms. The van der Waals surface area contributed by atoms with Crippen LogP contribution in [-0.2, 0) is 4.79 Å². The Labute approximate surface area is 117 Å². The topological polar surface area (TPSA) is 44.4 Å². The Morgan fingerprint density at radius 2 is 2.00 bits per heavy atom. The second kappa shape index (κ2) is 7.25. The molecule has 0 aromatic heterocycles. The highest BCUT2D eigenvalue weighted by atomic mass is 16.2. The number of nitrogens with one attached hydrogen (secondary N) is 2. The molecule has 19 heavy (non-hydrogen) atoms. The summed E-state index contributed by atoms with van der Waals surface area (Å²) in [5.41, 5.74) is 0. The molecule has 2 fully saturated rings. The molecular formula is C15H29N3O. The van der Waals surface area contributed by atoms with Crippen LogP contribution in [0.25, 0.3) is 0 Å². The van der Waals surface area contributed by atoms with Gasteiger partial charge in [-0.25, -0.2) is 0 Å². The summed E-state index contributed by atoms with van der Waals surface area (Å²) in [7, 11) is 0. The van der Waals surface area contributed by atoms with E-state index in [9.17, 15) is 4.79 Å². The van der Waals surface area contributed by atoms with E-state index in [1.807, 2.05) is 0 Å². The maximum atomic E-state index is 12.0. The predicted molar refractivity (Wildman–Crippen MR) is 78.1 cm³/mol. The summed E-state index contributed by atoms with van der Waals surface area (Å²) in [6.45, 7) is 8.56. The van der Waals surface area contributed by atoms with Gasteiger partial charge in [0, 0.05) is 12.6 Å². The molecule has 0 radical (unpaired) electrons. The van der Waals surface area contributed by atoms with Gasteiger partial charge in [0.2, 0.25) is 5.91 Å². The molecule has 0 aromatic rings. The SMILES string of the molecule is CC(C)NCC1CCN(C2CCCCNC2=O)CC1. The van der Waals surface area contributed by atoms with E-state index in [0.717, 1.165) is 44.9 Å². The maximum Gasteiger partial charge on any atom is 0.237 e. The second-order valence-corrected chi connectivity index (χ2v) is 6.34. The van der Waals surface area contributed by atoms with E-state index < -0.39 is 0 Å². The molecule has 2 heterocycles. The van der Waals surface area contributed by atoms with E-state index in [0.29, 0.717) is 6.04 Å². The van der Waals surface area contributed by atoms with Crippen molar-refractivity contribution in [3.63, 3.8) is 0 Å². The van der Waals surface area contributed by atoms with Gasteiger partial charge in [-0.2, -0.15) is 0 Å². The summed E-state index contributed by atoms with van der Waals surface area (Å²) in [6, 6.07) is 0.715. The van der Waals surface area contributed by atoms with Crippen LogP contribution in [0.1, 0.15) is 46.0 Å². The van der Waals surface area contributed by atoms with Gasteiger partial charge in [0.1, 0.15) is 0 Å². The zero-order valence-corrected chi connectivity index (χ0v) is 12.5. The molecule has 0 bridgehead atoms. The molecule has 1 amide bonds. The zero-order chi connectivity index (χ0) is 13.7. The lowest BCUT2D eigenvalue weighted by atomic mass is 9.94. The minimum absolute atomic E-state index is 0.140. The Balaban J connectivity index is 1.77. The lowest BCUT2D eigenvalue weighted by Gasteiger charge is -2.36. The molecule has 4 nitrogen and oxygen atoms in total. The van der Waals surface area contributed by atoms with Gasteiger partial charge in [-0.3, -0.25) is 9.69 Å². The number of likely N-dealkylation sites (tertiary alicyclic amines) is 1. The van der Waals surface area contributed by atoms with Crippen molar-refractivity contribution in [1.29, 1.82) is 0 Å². The first-order chi connectivity index (χ1) is 9.16. The molecule has 2 N–H and O–H groups in total. The molecule has 2 aliphatic heterocycles. The molecule has 2 rings (SSSR count). The highest BCUT2D eigenvalue weighted by Gasteiger charge is 2.30. The highest BCUT2D eigenvalue weighted by molar-refractivity contribution is 5.81. The van der Waals surface area contributed by atoms with Crippen LogP contribution >= 0.6 is 0 Å². The van der Waals surface area contributed by atoms with Crippen molar-refractivity contribution in [2.75, 3.05) is 26.2 Å². The van der Waals surface area contributed by atoms with Gasteiger partial charge in [-0.1, -0.05) is 13.8 Å². The smallest absolute Gasteiger partial charge is 0.237 e. The number of rotatable bonds is 4. The largest absolute Gasteiger partial charge is 0.355 e. The Morgan fingerprint density at radius 3 is 2.68 bits per heavy atom. The van der Waals surface area contributed by atoms with Crippen LogP contribution in [0.3, 0.4) is 0 Å². The highest BCUT2D eigenvalue weighted by Crippen LogP contribution is 2.21. The molecule has 0 aliphatic carbocycles. The summed E-state index contributed by atoms with van der Waals surface area (Å²) >= 11 is 0. The van der Waals surface area contributed by atoms with Crippen LogP contribution in [0.2, 0.25) is 0 Å². The fourth-order valence-corrected chi connectivity index (χ4v) is 3.14. The molecule has 110 valence electrons. The van der Waals surface area contributed by atoms with Crippen molar-refractivity contribution in [1.82, 2.24) is 15.5 Å². The van der Waals surface area contributed by atoms with Gasteiger partial charge in [-0.05, 0) is 57.7 Å². The fraction of sp³-hybridized carbons (Fsp3) is 0.933. The van der Waals surface area contributed by atoms with Gasteiger partial charge < -0.3 is 10.6 Å². The average molecular weight is 267 g/mol. The summed E-state index contributed by atoms with van der Waals surface area (Å²) < 4.78 is 0. The standard InChI is InChI=1S/C15H29N3O/c1-12(2)17-11-13-6-9-18(10-7-13)14-5-3-4-8-16-15(14)19/h12-14,17H,3-11H2,1-2H3,(H,16,19). The molecule has 4 heteroatoms. The van der Waals surface area contributed by atoms with Gasteiger partial charge >= 0.3 is 0 Å². The monoisotopic (exact) mass is 267 g/mol. The molecule has 0 aromatic carbocycles. The normalized spacial score (nSPS) is 27.3.